The molecule has 0 aliphatic heterocycles. The van der Waals surface area contributed by atoms with Crippen molar-refractivity contribution in [1.29, 1.82) is 0 Å². The molecule has 2 aromatic carbocycles. The van der Waals surface area contributed by atoms with Gasteiger partial charge in [-0.05, 0) is 42.8 Å². The lowest BCUT2D eigenvalue weighted by Crippen LogP contribution is -2.87. The van der Waals surface area contributed by atoms with Gasteiger partial charge in [-0.15, -0.1) is 0 Å². The number of carbonyl (C=O) groups is 1. The minimum Gasteiger partial charge on any atom is -0.463 e. The summed E-state index contributed by atoms with van der Waals surface area (Å²) in [7, 11) is 0. The number of rotatable bonds is 6. The smallest absolute Gasteiger partial charge is 0.279 e. The topological polar surface area (TPSA) is 58.9 Å². The number of nitrogens with one attached hydrogen (secondary N) is 1. The number of hydrogen-bond acceptors (Lipinski definition) is 2. The molecule has 5 heteroatoms. The van der Waals surface area contributed by atoms with Crippen LogP contribution in [0.5, 0.6) is 0 Å². The van der Waals surface area contributed by atoms with Crippen molar-refractivity contribution in [2.24, 2.45) is 0 Å². The van der Waals surface area contributed by atoms with E-state index in [1.165, 1.54) is 0 Å². The maximum Gasteiger partial charge on any atom is 0.279 e. The summed E-state index contributed by atoms with van der Waals surface area (Å²) in [5.74, 6) is 0.750. The molecule has 0 radical (unpaired) electrons. The summed E-state index contributed by atoms with van der Waals surface area (Å²) >= 11 is 5.95. The summed E-state index contributed by atoms with van der Waals surface area (Å²) in [6.45, 7) is 2.20. The Hall–Kier alpha value is -2.56. The first-order chi connectivity index (χ1) is 12.1. The van der Waals surface area contributed by atoms with Gasteiger partial charge in [0.2, 0.25) is 0 Å². The maximum atomic E-state index is 12.3. The van der Waals surface area contributed by atoms with E-state index in [2.05, 4.69) is 5.32 Å². The van der Waals surface area contributed by atoms with Crippen LogP contribution < -0.4 is 10.6 Å². The number of aryl methyl sites for hydroxylation is 1. The molecule has 0 bridgehead atoms. The average Bonchev–Trinajstić information content (AvgIpc) is 3.13. The molecule has 0 saturated carbocycles. The first-order valence-corrected chi connectivity index (χ1v) is 8.49. The van der Waals surface area contributed by atoms with E-state index in [1.54, 1.807) is 12.3 Å². The van der Waals surface area contributed by atoms with Gasteiger partial charge in [-0.2, -0.15) is 0 Å². The molecule has 0 saturated heterocycles. The fraction of sp³-hybridized carbons (Fsp3) is 0.150. The molecule has 3 aromatic rings. The van der Waals surface area contributed by atoms with Crippen LogP contribution in [0.15, 0.2) is 71.3 Å². The van der Waals surface area contributed by atoms with Crippen molar-refractivity contribution in [3.63, 3.8) is 0 Å². The Labute approximate surface area is 151 Å². The van der Waals surface area contributed by atoms with Crippen molar-refractivity contribution in [1.82, 2.24) is 0 Å². The monoisotopic (exact) mass is 355 g/mol. The molecular formula is C20H20ClN2O2+. The highest BCUT2D eigenvalue weighted by molar-refractivity contribution is 6.30. The van der Waals surface area contributed by atoms with Gasteiger partial charge in [0.15, 0.2) is 18.3 Å². The number of furan rings is 1. The molecule has 0 unspecified atom stereocenters. The van der Waals surface area contributed by atoms with E-state index in [4.69, 9.17) is 16.0 Å². The second-order valence-electron chi connectivity index (χ2n) is 5.85. The highest BCUT2D eigenvalue weighted by Crippen LogP contribution is 2.20. The van der Waals surface area contributed by atoms with Crippen molar-refractivity contribution in [2.75, 3.05) is 11.9 Å². The molecule has 0 fully saturated rings. The number of quaternary nitrogens is 1. The summed E-state index contributed by atoms with van der Waals surface area (Å²) in [6.07, 6.45) is 1.65. The fourth-order valence-electron chi connectivity index (χ4n) is 2.74. The van der Waals surface area contributed by atoms with Gasteiger partial charge in [0, 0.05) is 16.3 Å². The Morgan fingerprint density at radius 3 is 2.64 bits per heavy atom. The van der Waals surface area contributed by atoms with Gasteiger partial charge in [0.25, 0.3) is 5.91 Å². The van der Waals surface area contributed by atoms with E-state index in [-0.39, 0.29) is 18.5 Å². The third-order valence-electron chi connectivity index (χ3n) is 4.01. The Morgan fingerprint density at radius 2 is 1.96 bits per heavy atom. The molecule has 0 aliphatic rings. The van der Waals surface area contributed by atoms with Crippen molar-refractivity contribution in [3.8, 4) is 0 Å². The molecule has 25 heavy (non-hydrogen) atoms. The third-order valence-corrected chi connectivity index (χ3v) is 4.24. The Balaban J connectivity index is 1.68. The quantitative estimate of drug-likeness (QED) is 0.710. The largest absolute Gasteiger partial charge is 0.463 e. The zero-order valence-electron chi connectivity index (χ0n) is 13.9. The standard InChI is InChI=1S/C20H19ClN2O2/c1-14-12-16(21)9-10-17(14)23-19(24)13-22-20(18-8-5-11-25-18)15-6-3-2-4-7-15/h2-12,20,22H,13H2,1H3,(H,23,24)/p+1/t20-/m0/s1. The van der Waals surface area contributed by atoms with Gasteiger partial charge in [-0.3, -0.25) is 4.79 Å². The molecule has 4 nitrogen and oxygen atoms in total. The van der Waals surface area contributed by atoms with E-state index in [1.807, 2.05) is 66.8 Å². The van der Waals surface area contributed by atoms with Crippen LogP contribution in [0.1, 0.15) is 22.9 Å². The summed E-state index contributed by atoms with van der Waals surface area (Å²) in [5.41, 5.74) is 2.80. The summed E-state index contributed by atoms with van der Waals surface area (Å²) in [6, 6.07) is 19.1. The minimum absolute atomic E-state index is 0.0618. The van der Waals surface area contributed by atoms with E-state index in [9.17, 15) is 4.79 Å². The van der Waals surface area contributed by atoms with Crippen molar-refractivity contribution < 1.29 is 14.5 Å². The zero-order valence-corrected chi connectivity index (χ0v) is 14.7. The number of anilines is 1. The van der Waals surface area contributed by atoms with E-state index >= 15 is 0 Å². The number of carbonyl (C=O) groups excluding carboxylic acids is 1. The van der Waals surface area contributed by atoms with E-state index in [0.717, 1.165) is 22.6 Å². The van der Waals surface area contributed by atoms with Crippen LogP contribution in [0.3, 0.4) is 0 Å². The number of amides is 1. The van der Waals surface area contributed by atoms with Crippen LogP contribution in [0.25, 0.3) is 0 Å². The molecule has 1 atom stereocenters. The normalized spacial score (nSPS) is 11.9. The first kappa shape index (κ1) is 17.3. The van der Waals surface area contributed by atoms with Crippen LogP contribution >= 0.6 is 11.6 Å². The Morgan fingerprint density at radius 1 is 1.16 bits per heavy atom. The number of hydrogen-bond donors (Lipinski definition) is 2. The summed E-state index contributed by atoms with van der Waals surface area (Å²) in [4.78, 5) is 12.3. The lowest BCUT2D eigenvalue weighted by molar-refractivity contribution is -0.678. The molecule has 3 N–H and O–H groups in total. The van der Waals surface area contributed by atoms with Crippen molar-refractivity contribution >= 4 is 23.2 Å². The predicted octanol–water partition coefficient (Wildman–Crippen LogP) is 3.53. The minimum atomic E-state index is -0.0714. The second-order valence-corrected chi connectivity index (χ2v) is 6.29. The average molecular weight is 356 g/mol. The molecule has 3 rings (SSSR count). The highest BCUT2D eigenvalue weighted by atomic mass is 35.5. The highest BCUT2D eigenvalue weighted by Gasteiger charge is 2.21. The van der Waals surface area contributed by atoms with E-state index in [0.29, 0.717) is 5.02 Å². The first-order valence-electron chi connectivity index (χ1n) is 8.11. The van der Waals surface area contributed by atoms with Gasteiger partial charge in [0.1, 0.15) is 0 Å². The molecular weight excluding hydrogens is 336 g/mol. The van der Waals surface area contributed by atoms with Gasteiger partial charge in [-0.1, -0.05) is 41.9 Å². The summed E-state index contributed by atoms with van der Waals surface area (Å²) in [5, 5.41) is 5.55. The van der Waals surface area contributed by atoms with Gasteiger partial charge in [0.05, 0.1) is 6.26 Å². The summed E-state index contributed by atoms with van der Waals surface area (Å²) < 4.78 is 5.56. The van der Waals surface area contributed by atoms with Crippen molar-refractivity contribution in [2.45, 2.75) is 13.0 Å². The number of nitrogens with two attached hydrogens (primary N) is 1. The SMILES string of the molecule is Cc1cc(Cl)ccc1NC(=O)C[NH2+][C@@H](c1ccccc1)c1ccco1. The van der Waals surface area contributed by atoms with Crippen LogP contribution in [-0.4, -0.2) is 12.5 Å². The molecule has 1 aromatic heterocycles. The van der Waals surface area contributed by atoms with Crippen LogP contribution in [0.2, 0.25) is 5.02 Å². The number of halogens is 1. The van der Waals surface area contributed by atoms with Gasteiger partial charge in [-0.25, -0.2) is 0 Å². The van der Waals surface area contributed by atoms with E-state index < -0.39 is 0 Å². The Bertz CT molecular complexity index is 832. The fourth-order valence-corrected chi connectivity index (χ4v) is 2.97. The lowest BCUT2D eigenvalue weighted by atomic mass is 10.0. The maximum absolute atomic E-state index is 12.3. The molecule has 0 aliphatic carbocycles. The second kappa shape index (κ2) is 8.01. The van der Waals surface area contributed by atoms with Crippen LogP contribution in [0.4, 0.5) is 5.69 Å². The third kappa shape index (κ3) is 4.50. The number of benzene rings is 2. The van der Waals surface area contributed by atoms with Crippen LogP contribution in [-0.2, 0) is 4.79 Å². The molecule has 1 amide bonds. The predicted molar refractivity (Wildman–Crippen MR) is 98.6 cm³/mol. The van der Waals surface area contributed by atoms with Crippen molar-refractivity contribution in [3.05, 3.63) is 88.8 Å². The Kier molecular flexibility index (Phi) is 5.53. The van der Waals surface area contributed by atoms with Gasteiger partial charge < -0.3 is 15.1 Å². The van der Waals surface area contributed by atoms with Gasteiger partial charge >= 0.3 is 0 Å². The zero-order chi connectivity index (χ0) is 17.6. The lowest BCUT2D eigenvalue weighted by Gasteiger charge is -2.14. The molecule has 128 valence electrons. The molecule has 1 heterocycles. The van der Waals surface area contributed by atoms with Crippen LogP contribution in [0, 0.1) is 6.92 Å². The molecule has 0 spiro atoms.